The Bertz CT molecular complexity index is 420. The smallest absolute Gasteiger partial charge is 0.131 e. The van der Waals surface area contributed by atoms with Gasteiger partial charge in [0, 0.05) is 30.3 Å². The summed E-state index contributed by atoms with van der Waals surface area (Å²) in [6, 6.07) is 4.86. The van der Waals surface area contributed by atoms with E-state index in [2.05, 4.69) is 0 Å². The molecule has 1 fully saturated rings. The third-order valence-electron chi connectivity index (χ3n) is 3.70. The largest absolute Gasteiger partial charge is 0.393 e. The van der Waals surface area contributed by atoms with Crippen molar-refractivity contribution in [2.75, 3.05) is 18.0 Å². The number of aliphatic hydroxyl groups excluding tert-OH is 2. The van der Waals surface area contributed by atoms with E-state index < -0.39 is 6.10 Å². The zero-order chi connectivity index (χ0) is 13.3. The van der Waals surface area contributed by atoms with Gasteiger partial charge in [-0.15, -0.1) is 0 Å². The summed E-state index contributed by atoms with van der Waals surface area (Å²) in [5.41, 5.74) is 1.09. The molecule has 2 N–H and O–H groups in total. The van der Waals surface area contributed by atoms with Gasteiger partial charge < -0.3 is 15.1 Å². The van der Waals surface area contributed by atoms with E-state index in [-0.39, 0.29) is 17.8 Å². The second-order valence-corrected chi connectivity index (χ2v) is 5.08. The van der Waals surface area contributed by atoms with Gasteiger partial charge in [-0.1, -0.05) is 6.07 Å². The van der Waals surface area contributed by atoms with E-state index in [1.807, 2.05) is 11.0 Å². The predicted molar refractivity (Wildman–Crippen MR) is 69.0 cm³/mol. The normalized spacial score (nSPS) is 23.2. The third-order valence-corrected chi connectivity index (χ3v) is 3.70. The van der Waals surface area contributed by atoms with Crippen molar-refractivity contribution < 1.29 is 14.6 Å². The van der Waals surface area contributed by atoms with Gasteiger partial charge in [-0.05, 0) is 32.4 Å². The minimum Gasteiger partial charge on any atom is -0.393 e. The summed E-state index contributed by atoms with van der Waals surface area (Å²) in [7, 11) is 0. The van der Waals surface area contributed by atoms with Crippen LogP contribution in [0.1, 0.15) is 31.9 Å². The maximum Gasteiger partial charge on any atom is 0.131 e. The van der Waals surface area contributed by atoms with E-state index in [9.17, 15) is 14.6 Å². The highest BCUT2D eigenvalue weighted by molar-refractivity contribution is 5.56. The van der Waals surface area contributed by atoms with Crippen LogP contribution in [-0.4, -0.2) is 29.4 Å². The molecule has 1 aromatic carbocycles. The van der Waals surface area contributed by atoms with Gasteiger partial charge >= 0.3 is 0 Å². The summed E-state index contributed by atoms with van der Waals surface area (Å²) in [4.78, 5) is 2.04. The van der Waals surface area contributed by atoms with Crippen LogP contribution in [0.25, 0.3) is 0 Å². The number of benzene rings is 1. The molecule has 1 aliphatic heterocycles. The van der Waals surface area contributed by atoms with Crippen LogP contribution < -0.4 is 4.90 Å². The van der Waals surface area contributed by atoms with Crippen LogP contribution in [0.5, 0.6) is 0 Å². The lowest BCUT2D eigenvalue weighted by Gasteiger charge is -2.24. The highest BCUT2D eigenvalue weighted by atomic mass is 19.1. The lowest BCUT2D eigenvalue weighted by molar-refractivity contribution is 0.136. The highest BCUT2D eigenvalue weighted by Gasteiger charge is 2.28. The lowest BCUT2D eigenvalue weighted by Crippen LogP contribution is -2.25. The Morgan fingerprint density at radius 1 is 1.33 bits per heavy atom. The fourth-order valence-electron chi connectivity index (χ4n) is 2.61. The van der Waals surface area contributed by atoms with Gasteiger partial charge in [0.15, 0.2) is 0 Å². The summed E-state index contributed by atoms with van der Waals surface area (Å²) in [6.45, 7) is 4.86. The van der Waals surface area contributed by atoms with E-state index in [0.29, 0.717) is 12.1 Å². The molecule has 2 unspecified atom stereocenters. The number of aliphatic hydroxyl groups is 2. The second-order valence-electron chi connectivity index (χ2n) is 5.08. The average molecular weight is 253 g/mol. The van der Waals surface area contributed by atoms with E-state index in [4.69, 9.17) is 0 Å². The first kappa shape index (κ1) is 13.3. The molecule has 0 aliphatic carbocycles. The molecule has 0 spiro atoms. The van der Waals surface area contributed by atoms with E-state index in [1.165, 1.54) is 6.07 Å². The number of halogens is 1. The highest BCUT2D eigenvalue weighted by Crippen LogP contribution is 2.33. The molecule has 1 aliphatic rings. The molecule has 1 aromatic rings. The van der Waals surface area contributed by atoms with Crippen molar-refractivity contribution in [3.63, 3.8) is 0 Å². The first-order valence-electron chi connectivity index (χ1n) is 6.40. The summed E-state index contributed by atoms with van der Waals surface area (Å²) >= 11 is 0. The molecule has 100 valence electrons. The number of rotatable bonds is 3. The van der Waals surface area contributed by atoms with Crippen LogP contribution >= 0.6 is 0 Å². The molecule has 0 aromatic heterocycles. The van der Waals surface area contributed by atoms with Gasteiger partial charge in [-0.25, -0.2) is 4.39 Å². The van der Waals surface area contributed by atoms with Crippen LogP contribution in [0.2, 0.25) is 0 Å². The van der Waals surface area contributed by atoms with Crippen molar-refractivity contribution in [3.8, 4) is 0 Å². The SMILES string of the molecule is CC(O)C1CCN(c2cccc(F)c2[C@@H](C)O)C1. The molecule has 3 atom stereocenters. The molecule has 0 radical (unpaired) electrons. The summed E-state index contributed by atoms with van der Waals surface area (Å²) < 4.78 is 13.8. The fourth-order valence-corrected chi connectivity index (χ4v) is 2.61. The van der Waals surface area contributed by atoms with Gasteiger partial charge in [0.25, 0.3) is 0 Å². The Hall–Kier alpha value is -1.13. The molecule has 3 nitrogen and oxygen atoms in total. The Labute approximate surface area is 107 Å². The zero-order valence-electron chi connectivity index (χ0n) is 10.8. The van der Waals surface area contributed by atoms with Crippen molar-refractivity contribution in [1.82, 2.24) is 0 Å². The van der Waals surface area contributed by atoms with Crippen LogP contribution in [-0.2, 0) is 0 Å². The van der Waals surface area contributed by atoms with Gasteiger partial charge in [0.05, 0.1) is 12.2 Å². The number of nitrogens with zero attached hydrogens (tertiary/aromatic N) is 1. The second kappa shape index (κ2) is 5.24. The van der Waals surface area contributed by atoms with Crippen LogP contribution in [0.3, 0.4) is 0 Å². The van der Waals surface area contributed by atoms with E-state index in [0.717, 1.165) is 18.7 Å². The molecule has 2 rings (SSSR count). The van der Waals surface area contributed by atoms with Crippen LogP contribution in [0.15, 0.2) is 18.2 Å². The molecule has 18 heavy (non-hydrogen) atoms. The van der Waals surface area contributed by atoms with Crippen LogP contribution in [0, 0.1) is 11.7 Å². The fraction of sp³-hybridized carbons (Fsp3) is 0.571. The van der Waals surface area contributed by atoms with Crippen molar-refractivity contribution in [2.45, 2.75) is 32.5 Å². The third kappa shape index (κ3) is 2.49. The molecule has 4 heteroatoms. The molecule has 1 heterocycles. The summed E-state index contributed by atoms with van der Waals surface area (Å²) in [6.07, 6.45) is -0.279. The molecular formula is C14H20FNO2. The van der Waals surface area contributed by atoms with Crippen LogP contribution in [0.4, 0.5) is 10.1 Å². The topological polar surface area (TPSA) is 43.7 Å². The molecule has 0 amide bonds. The van der Waals surface area contributed by atoms with Gasteiger partial charge in [-0.2, -0.15) is 0 Å². The molecule has 0 bridgehead atoms. The van der Waals surface area contributed by atoms with Crippen molar-refractivity contribution in [3.05, 3.63) is 29.6 Å². The first-order chi connectivity index (χ1) is 8.50. The van der Waals surface area contributed by atoms with Gasteiger partial charge in [0.2, 0.25) is 0 Å². The minimum absolute atomic E-state index is 0.218. The van der Waals surface area contributed by atoms with Gasteiger partial charge in [-0.3, -0.25) is 0 Å². The molecule has 1 saturated heterocycles. The number of hydrogen-bond acceptors (Lipinski definition) is 3. The Kier molecular flexibility index (Phi) is 3.88. The van der Waals surface area contributed by atoms with Gasteiger partial charge in [0.1, 0.15) is 5.82 Å². The van der Waals surface area contributed by atoms with Crippen molar-refractivity contribution in [2.24, 2.45) is 5.92 Å². The molecular weight excluding hydrogens is 233 g/mol. The maximum absolute atomic E-state index is 13.8. The number of anilines is 1. The minimum atomic E-state index is -0.827. The Morgan fingerprint density at radius 2 is 2.06 bits per heavy atom. The maximum atomic E-state index is 13.8. The summed E-state index contributed by atoms with van der Waals surface area (Å²) in [5.74, 6) is -0.155. The van der Waals surface area contributed by atoms with Crippen molar-refractivity contribution >= 4 is 5.69 Å². The monoisotopic (exact) mass is 253 g/mol. The van der Waals surface area contributed by atoms with E-state index >= 15 is 0 Å². The quantitative estimate of drug-likeness (QED) is 0.867. The van der Waals surface area contributed by atoms with E-state index in [1.54, 1.807) is 19.9 Å². The first-order valence-corrected chi connectivity index (χ1v) is 6.40. The van der Waals surface area contributed by atoms with Crippen molar-refractivity contribution in [1.29, 1.82) is 0 Å². The molecule has 0 saturated carbocycles. The zero-order valence-corrected chi connectivity index (χ0v) is 10.8. The Morgan fingerprint density at radius 3 is 2.61 bits per heavy atom. The standard InChI is InChI=1S/C14H20FNO2/c1-9(17)11-6-7-16(8-11)13-5-3-4-12(15)14(13)10(2)18/h3-5,9-11,17-18H,6-8H2,1-2H3/t9?,10-,11?/m1/s1. The Balaban J connectivity index is 2.27. The average Bonchev–Trinajstić information content (AvgIpc) is 2.77. The lowest BCUT2D eigenvalue weighted by atomic mass is 10.0. The summed E-state index contributed by atoms with van der Waals surface area (Å²) in [5, 5.41) is 19.3. The number of hydrogen-bond donors (Lipinski definition) is 2. The predicted octanol–water partition coefficient (Wildman–Crippen LogP) is 2.09.